The third-order valence-electron chi connectivity index (χ3n) is 7.47. The van der Waals surface area contributed by atoms with Crippen molar-refractivity contribution in [3.63, 3.8) is 0 Å². The largest absolute Gasteiger partial charge is 0.349 e. The fourth-order valence-corrected chi connectivity index (χ4v) is 5.85. The number of nitrogens with zero attached hydrogens (tertiary/aromatic N) is 1. The molecule has 2 aliphatic heterocycles. The summed E-state index contributed by atoms with van der Waals surface area (Å²) in [6.45, 7) is 3.89. The van der Waals surface area contributed by atoms with Crippen molar-refractivity contribution >= 4 is 40.7 Å². The van der Waals surface area contributed by atoms with Crippen LogP contribution in [0.5, 0.6) is 0 Å². The molecule has 174 valence electrons. The number of aryl methyl sites for hydroxylation is 2. The third-order valence-corrected chi connectivity index (χ3v) is 7.79. The van der Waals surface area contributed by atoms with Gasteiger partial charge < -0.3 is 4.74 Å². The number of fused-ring (bicyclic) bond motifs is 3. The minimum absolute atomic E-state index is 0.202. The van der Waals surface area contributed by atoms with Crippen LogP contribution in [0.1, 0.15) is 43.5 Å². The summed E-state index contributed by atoms with van der Waals surface area (Å²) in [6, 6.07) is 18.5. The SMILES string of the molecule is Cc1ccc([C@@H]2OC3(C(=O)c4ccccc4C3=O)[C@@H]3C(=O)N(c4ccccc4Cl)C(=O)[C@@H]32)cc1C. The highest BCUT2D eigenvalue weighted by atomic mass is 35.5. The molecule has 0 bridgehead atoms. The fraction of sp³-hybridized carbons (Fsp3) is 0.214. The number of hydrogen-bond acceptors (Lipinski definition) is 5. The molecular weight excluding hydrogens is 466 g/mol. The van der Waals surface area contributed by atoms with Crippen molar-refractivity contribution in [2.75, 3.05) is 4.90 Å². The third kappa shape index (κ3) is 2.75. The van der Waals surface area contributed by atoms with E-state index in [1.807, 2.05) is 32.0 Å². The second-order valence-electron chi connectivity index (χ2n) is 9.29. The van der Waals surface area contributed by atoms with E-state index >= 15 is 0 Å². The maximum Gasteiger partial charge on any atom is 0.241 e. The van der Waals surface area contributed by atoms with Crippen molar-refractivity contribution in [2.45, 2.75) is 25.6 Å². The number of ketones is 2. The van der Waals surface area contributed by atoms with Gasteiger partial charge in [0.15, 0.2) is 0 Å². The molecule has 1 spiro atoms. The lowest BCUT2D eigenvalue weighted by Gasteiger charge is -2.27. The summed E-state index contributed by atoms with van der Waals surface area (Å²) in [7, 11) is 0. The van der Waals surface area contributed by atoms with Crippen LogP contribution in [-0.2, 0) is 14.3 Å². The highest BCUT2D eigenvalue weighted by molar-refractivity contribution is 6.39. The summed E-state index contributed by atoms with van der Waals surface area (Å²) in [4.78, 5) is 56.3. The molecule has 0 radical (unpaired) electrons. The van der Waals surface area contributed by atoms with Gasteiger partial charge >= 0.3 is 0 Å². The zero-order chi connectivity index (χ0) is 24.6. The van der Waals surface area contributed by atoms with Gasteiger partial charge in [-0.1, -0.05) is 66.2 Å². The van der Waals surface area contributed by atoms with Crippen LogP contribution in [0.25, 0.3) is 0 Å². The summed E-state index contributed by atoms with van der Waals surface area (Å²) in [5, 5.41) is 0.222. The Kier molecular flexibility index (Phi) is 4.66. The van der Waals surface area contributed by atoms with Gasteiger partial charge in [-0.15, -0.1) is 0 Å². The molecule has 2 heterocycles. The Morgan fingerprint density at radius 1 is 0.800 bits per heavy atom. The van der Waals surface area contributed by atoms with Gasteiger partial charge in [0.05, 0.1) is 28.6 Å². The number of para-hydroxylation sites is 1. The Labute approximate surface area is 206 Å². The standard InChI is InChI=1S/C28H20ClNO5/c1-14-11-12-16(13-15(14)2)23-21-22(27(34)30(26(21)33)20-10-6-5-9-19(20)29)28(35-23)24(31)17-7-3-4-8-18(17)25(28)32/h3-13,21-23H,1-2H3/t21-,22-,23-/m0/s1. The lowest BCUT2D eigenvalue weighted by molar-refractivity contribution is -0.127. The van der Waals surface area contributed by atoms with Gasteiger partial charge in [0.1, 0.15) is 0 Å². The maximum absolute atomic E-state index is 13.9. The number of amides is 2. The number of imide groups is 1. The first-order valence-electron chi connectivity index (χ1n) is 11.3. The molecule has 2 amide bonds. The first-order valence-corrected chi connectivity index (χ1v) is 11.7. The Morgan fingerprint density at radius 3 is 2.06 bits per heavy atom. The second-order valence-corrected chi connectivity index (χ2v) is 9.70. The number of hydrogen-bond donors (Lipinski definition) is 0. The molecule has 0 unspecified atom stereocenters. The number of benzene rings is 3. The predicted octanol–water partition coefficient (Wildman–Crippen LogP) is 4.65. The minimum Gasteiger partial charge on any atom is -0.349 e. The Bertz CT molecular complexity index is 1440. The maximum atomic E-state index is 13.9. The van der Waals surface area contributed by atoms with Crippen LogP contribution in [-0.4, -0.2) is 29.0 Å². The fourth-order valence-electron chi connectivity index (χ4n) is 5.63. The average molecular weight is 486 g/mol. The van der Waals surface area contributed by atoms with Gasteiger partial charge in [0, 0.05) is 11.1 Å². The van der Waals surface area contributed by atoms with E-state index in [9.17, 15) is 19.2 Å². The molecule has 3 aliphatic rings. The lowest BCUT2D eigenvalue weighted by Crippen LogP contribution is -2.51. The summed E-state index contributed by atoms with van der Waals surface area (Å²) in [5.74, 6) is -4.71. The molecule has 2 fully saturated rings. The molecule has 6 rings (SSSR count). The van der Waals surface area contributed by atoms with E-state index in [0.29, 0.717) is 5.56 Å². The van der Waals surface area contributed by atoms with Crippen molar-refractivity contribution in [1.82, 2.24) is 0 Å². The highest BCUT2D eigenvalue weighted by Gasteiger charge is 2.74. The van der Waals surface area contributed by atoms with Crippen LogP contribution in [0.4, 0.5) is 5.69 Å². The zero-order valence-electron chi connectivity index (χ0n) is 18.9. The monoisotopic (exact) mass is 485 g/mol. The molecule has 2 saturated heterocycles. The predicted molar refractivity (Wildman–Crippen MR) is 129 cm³/mol. The van der Waals surface area contributed by atoms with E-state index in [1.54, 1.807) is 48.5 Å². The molecule has 0 aromatic heterocycles. The van der Waals surface area contributed by atoms with Crippen molar-refractivity contribution in [2.24, 2.45) is 11.8 Å². The topological polar surface area (TPSA) is 80.8 Å². The number of carbonyl (C=O) groups excluding carboxylic acids is 4. The van der Waals surface area contributed by atoms with E-state index in [1.165, 1.54) is 0 Å². The van der Waals surface area contributed by atoms with Gasteiger partial charge in [-0.25, -0.2) is 4.90 Å². The molecule has 6 nitrogen and oxygen atoms in total. The number of carbonyl (C=O) groups is 4. The number of anilines is 1. The molecule has 0 N–H and O–H groups in total. The van der Waals surface area contributed by atoms with Crippen LogP contribution < -0.4 is 4.90 Å². The van der Waals surface area contributed by atoms with E-state index in [4.69, 9.17) is 16.3 Å². The minimum atomic E-state index is -2.10. The number of Topliss-reactive ketones (excluding diaryl/α,β-unsaturated/α-hetero) is 2. The van der Waals surface area contributed by atoms with Crippen LogP contribution in [0.2, 0.25) is 5.02 Å². The van der Waals surface area contributed by atoms with E-state index in [0.717, 1.165) is 16.0 Å². The van der Waals surface area contributed by atoms with Gasteiger partial charge in [-0.3, -0.25) is 19.2 Å². The van der Waals surface area contributed by atoms with Crippen LogP contribution in [0.15, 0.2) is 66.7 Å². The summed E-state index contributed by atoms with van der Waals surface area (Å²) < 4.78 is 6.32. The van der Waals surface area contributed by atoms with Gasteiger partial charge in [0.25, 0.3) is 0 Å². The molecule has 3 aromatic carbocycles. The summed E-state index contributed by atoms with van der Waals surface area (Å²) >= 11 is 6.35. The molecule has 3 atom stereocenters. The van der Waals surface area contributed by atoms with Gasteiger partial charge in [0.2, 0.25) is 29.0 Å². The van der Waals surface area contributed by atoms with Crippen molar-refractivity contribution in [1.29, 1.82) is 0 Å². The van der Waals surface area contributed by atoms with E-state index in [2.05, 4.69) is 0 Å². The number of halogens is 1. The molecule has 35 heavy (non-hydrogen) atoms. The van der Waals surface area contributed by atoms with E-state index < -0.39 is 46.9 Å². The van der Waals surface area contributed by atoms with Crippen molar-refractivity contribution < 1.29 is 23.9 Å². The van der Waals surface area contributed by atoms with Crippen LogP contribution in [0.3, 0.4) is 0 Å². The molecule has 1 aliphatic carbocycles. The van der Waals surface area contributed by atoms with Crippen LogP contribution in [0, 0.1) is 25.7 Å². The smallest absolute Gasteiger partial charge is 0.241 e. The highest BCUT2D eigenvalue weighted by Crippen LogP contribution is 2.58. The zero-order valence-corrected chi connectivity index (χ0v) is 19.7. The lowest BCUT2D eigenvalue weighted by atomic mass is 9.77. The summed E-state index contributed by atoms with van der Waals surface area (Å²) in [5.41, 5.74) is 1.18. The molecule has 7 heteroatoms. The number of ether oxygens (including phenoxy) is 1. The Hall–Kier alpha value is -3.61. The Balaban J connectivity index is 1.57. The van der Waals surface area contributed by atoms with Gasteiger partial charge in [-0.2, -0.15) is 0 Å². The van der Waals surface area contributed by atoms with E-state index in [-0.39, 0.29) is 21.8 Å². The normalized spacial score (nSPS) is 24.4. The number of rotatable bonds is 2. The van der Waals surface area contributed by atoms with Crippen molar-refractivity contribution in [3.05, 3.63) is 99.6 Å². The molecular formula is C28H20ClNO5. The quantitative estimate of drug-likeness (QED) is 0.390. The summed E-state index contributed by atoms with van der Waals surface area (Å²) in [6.07, 6.45) is -0.953. The van der Waals surface area contributed by atoms with Crippen LogP contribution >= 0.6 is 11.6 Å². The molecule has 3 aromatic rings. The van der Waals surface area contributed by atoms with Gasteiger partial charge in [-0.05, 0) is 42.7 Å². The second kappa shape index (κ2) is 7.44. The molecule has 0 saturated carbocycles. The average Bonchev–Trinajstić information content (AvgIpc) is 3.41. The first-order chi connectivity index (χ1) is 16.8. The van der Waals surface area contributed by atoms with Crippen molar-refractivity contribution in [3.8, 4) is 0 Å². The first kappa shape index (κ1) is 21.9. The Morgan fingerprint density at radius 2 is 1.43 bits per heavy atom.